The zero-order chi connectivity index (χ0) is 14.4. The number of benzene rings is 2. The van der Waals surface area contributed by atoms with Crippen molar-refractivity contribution in [1.82, 2.24) is 0 Å². The summed E-state index contributed by atoms with van der Waals surface area (Å²) in [6.07, 6.45) is 1.61. The van der Waals surface area contributed by atoms with Gasteiger partial charge in [-0.25, -0.2) is 0 Å². The first-order valence-corrected chi connectivity index (χ1v) is 6.91. The summed E-state index contributed by atoms with van der Waals surface area (Å²) in [4.78, 5) is 10.8. The van der Waals surface area contributed by atoms with Gasteiger partial charge in [0.15, 0.2) is 6.29 Å². The third kappa shape index (κ3) is 3.82. The van der Waals surface area contributed by atoms with Gasteiger partial charge in [0.2, 0.25) is 0 Å². The molecule has 1 unspecified atom stereocenters. The van der Waals surface area contributed by atoms with Crippen LogP contribution in [-0.2, 0) is 6.42 Å². The summed E-state index contributed by atoms with van der Waals surface area (Å²) in [6, 6.07) is 13.5. The number of hydrogen-bond acceptors (Lipinski definition) is 3. The van der Waals surface area contributed by atoms with E-state index < -0.39 is 0 Å². The number of rotatable bonds is 6. The van der Waals surface area contributed by atoms with Crippen LogP contribution in [0.2, 0.25) is 0 Å². The van der Waals surface area contributed by atoms with E-state index in [2.05, 4.69) is 33.5 Å². The van der Waals surface area contributed by atoms with Gasteiger partial charge < -0.3 is 9.47 Å². The van der Waals surface area contributed by atoms with Gasteiger partial charge in [-0.05, 0) is 23.0 Å². The van der Waals surface area contributed by atoms with Crippen LogP contribution >= 0.6 is 9.24 Å². The summed E-state index contributed by atoms with van der Waals surface area (Å²) in [6.45, 7) is 0.583. The first kappa shape index (κ1) is 14.5. The maximum absolute atomic E-state index is 10.8. The predicted octanol–water partition coefficient (Wildman–Crippen LogP) is 2.63. The molecule has 20 heavy (non-hydrogen) atoms. The zero-order valence-corrected chi connectivity index (χ0v) is 12.5. The van der Waals surface area contributed by atoms with Gasteiger partial charge in [-0.1, -0.05) is 24.3 Å². The molecule has 0 aromatic heterocycles. The van der Waals surface area contributed by atoms with E-state index in [9.17, 15) is 4.79 Å². The molecule has 0 N–H and O–H groups in total. The fraction of sp³-hybridized carbons (Fsp3) is 0.188. The molecular formula is C16H17O3P. The molecule has 0 fully saturated rings. The van der Waals surface area contributed by atoms with Crippen molar-refractivity contribution in [2.24, 2.45) is 0 Å². The second-order valence-electron chi connectivity index (χ2n) is 4.36. The Labute approximate surface area is 121 Å². The fourth-order valence-electron chi connectivity index (χ4n) is 1.85. The third-order valence-corrected chi connectivity index (χ3v) is 3.36. The molecule has 4 heteroatoms. The van der Waals surface area contributed by atoms with Crippen LogP contribution in [0.15, 0.2) is 42.5 Å². The van der Waals surface area contributed by atoms with E-state index in [1.54, 1.807) is 18.2 Å². The van der Waals surface area contributed by atoms with E-state index in [1.165, 1.54) is 18.0 Å². The van der Waals surface area contributed by atoms with Crippen LogP contribution in [0, 0.1) is 0 Å². The normalized spacial score (nSPS) is 10.1. The average Bonchev–Trinajstić information content (AvgIpc) is 2.49. The van der Waals surface area contributed by atoms with E-state index in [4.69, 9.17) is 9.47 Å². The molecule has 2 aromatic carbocycles. The summed E-state index contributed by atoms with van der Waals surface area (Å²) < 4.78 is 10.8. The van der Waals surface area contributed by atoms with Crippen molar-refractivity contribution in [3.63, 3.8) is 0 Å². The van der Waals surface area contributed by atoms with Gasteiger partial charge >= 0.3 is 0 Å². The molecule has 1 atom stereocenters. The van der Waals surface area contributed by atoms with E-state index in [1.807, 2.05) is 0 Å². The van der Waals surface area contributed by atoms with E-state index in [-0.39, 0.29) is 0 Å². The van der Waals surface area contributed by atoms with Crippen molar-refractivity contribution in [2.75, 3.05) is 13.7 Å². The minimum Gasteiger partial charge on any atom is -0.496 e. The summed E-state index contributed by atoms with van der Waals surface area (Å²) in [5, 5.41) is 1.17. The lowest BCUT2D eigenvalue weighted by atomic mass is 10.2. The Kier molecular flexibility index (Phi) is 5.14. The highest BCUT2D eigenvalue weighted by molar-refractivity contribution is 7.27. The Hall–Kier alpha value is -1.86. The summed E-state index contributed by atoms with van der Waals surface area (Å²) in [5.74, 6) is 1.24. The molecule has 3 nitrogen and oxygen atoms in total. The lowest BCUT2D eigenvalue weighted by Gasteiger charge is -2.09. The van der Waals surface area contributed by atoms with Crippen LogP contribution in [0.4, 0.5) is 0 Å². The third-order valence-electron chi connectivity index (χ3n) is 2.97. The second kappa shape index (κ2) is 7.06. The molecule has 0 amide bonds. The summed E-state index contributed by atoms with van der Waals surface area (Å²) >= 11 is 0. The lowest BCUT2D eigenvalue weighted by Crippen LogP contribution is -2.03. The maximum Gasteiger partial charge on any atom is 0.153 e. The highest BCUT2D eigenvalue weighted by Gasteiger charge is 2.04. The lowest BCUT2D eigenvalue weighted by molar-refractivity contribution is 0.112. The van der Waals surface area contributed by atoms with Crippen LogP contribution in [0.1, 0.15) is 15.9 Å². The first-order chi connectivity index (χ1) is 9.72. The monoisotopic (exact) mass is 288 g/mol. The quantitative estimate of drug-likeness (QED) is 0.605. The largest absolute Gasteiger partial charge is 0.496 e. The standard InChI is InChI=1S/C16H17O3P/c1-18-16-10-14(5-4-13(16)11-17)19-9-8-12-2-6-15(20)7-3-12/h2-7,10-11H,8-9,20H2,1H3. The van der Waals surface area contributed by atoms with Crippen molar-refractivity contribution < 1.29 is 14.3 Å². The number of methoxy groups -OCH3 is 1. The molecule has 0 aliphatic rings. The Morgan fingerprint density at radius 3 is 2.55 bits per heavy atom. The molecule has 0 aliphatic carbocycles. The topological polar surface area (TPSA) is 35.5 Å². The van der Waals surface area contributed by atoms with Gasteiger partial charge in [-0.15, -0.1) is 9.24 Å². The molecule has 0 aliphatic heterocycles. The van der Waals surface area contributed by atoms with Crippen molar-refractivity contribution in [2.45, 2.75) is 6.42 Å². The molecule has 104 valence electrons. The van der Waals surface area contributed by atoms with Crippen LogP contribution < -0.4 is 14.8 Å². The molecule has 0 saturated heterocycles. The zero-order valence-electron chi connectivity index (χ0n) is 11.3. The van der Waals surface area contributed by atoms with Gasteiger partial charge in [0.05, 0.1) is 19.3 Å². The van der Waals surface area contributed by atoms with Gasteiger partial charge in [-0.2, -0.15) is 0 Å². The van der Waals surface area contributed by atoms with Gasteiger partial charge in [0.25, 0.3) is 0 Å². The molecule has 0 radical (unpaired) electrons. The molecule has 0 saturated carbocycles. The Morgan fingerprint density at radius 2 is 1.90 bits per heavy atom. The van der Waals surface area contributed by atoms with Crippen molar-refractivity contribution in [1.29, 1.82) is 0 Å². The minimum atomic E-state index is 0.524. The van der Waals surface area contributed by atoms with Gasteiger partial charge in [0, 0.05) is 12.5 Å². The highest BCUT2D eigenvalue weighted by Crippen LogP contribution is 2.23. The molecule has 0 heterocycles. The van der Waals surface area contributed by atoms with Crippen LogP contribution in [0.25, 0.3) is 0 Å². The molecule has 2 rings (SSSR count). The van der Waals surface area contributed by atoms with Gasteiger partial charge in [0.1, 0.15) is 11.5 Å². The number of ether oxygens (including phenoxy) is 2. The van der Waals surface area contributed by atoms with E-state index in [0.717, 1.165) is 12.7 Å². The van der Waals surface area contributed by atoms with Crippen LogP contribution in [-0.4, -0.2) is 20.0 Å². The van der Waals surface area contributed by atoms with Crippen LogP contribution in [0.5, 0.6) is 11.5 Å². The molecular weight excluding hydrogens is 271 g/mol. The molecule has 0 spiro atoms. The van der Waals surface area contributed by atoms with Gasteiger partial charge in [-0.3, -0.25) is 4.79 Å². The number of aldehydes is 1. The highest BCUT2D eigenvalue weighted by atomic mass is 31.0. The smallest absolute Gasteiger partial charge is 0.153 e. The number of hydrogen-bond donors (Lipinski definition) is 0. The molecule has 2 aromatic rings. The maximum atomic E-state index is 10.8. The van der Waals surface area contributed by atoms with Crippen molar-refractivity contribution >= 4 is 20.8 Å². The minimum absolute atomic E-state index is 0.524. The Morgan fingerprint density at radius 1 is 1.15 bits per heavy atom. The summed E-state index contributed by atoms with van der Waals surface area (Å²) in [7, 11) is 4.20. The summed E-state index contributed by atoms with van der Waals surface area (Å²) in [5.41, 5.74) is 1.75. The van der Waals surface area contributed by atoms with Crippen molar-refractivity contribution in [3.8, 4) is 11.5 Å². The predicted molar refractivity (Wildman–Crippen MR) is 83.4 cm³/mol. The Balaban J connectivity index is 1.94. The second-order valence-corrected chi connectivity index (χ2v) is 5.03. The number of carbonyl (C=O) groups is 1. The van der Waals surface area contributed by atoms with Crippen molar-refractivity contribution in [3.05, 3.63) is 53.6 Å². The van der Waals surface area contributed by atoms with E-state index in [0.29, 0.717) is 23.7 Å². The fourth-order valence-corrected chi connectivity index (χ4v) is 2.04. The van der Waals surface area contributed by atoms with Crippen LogP contribution in [0.3, 0.4) is 0 Å². The number of carbonyl (C=O) groups excluding carboxylic acids is 1. The first-order valence-electron chi connectivity index (χ1n) is 6.33. The SMILES string of the molecule is COc1cc(OCCc2ccc(P)cc2)ccc1C=O. The Bertz CT molecular complexity index is 579. The average molecular weight is 288 g/mol. The molecule has 0 bridgehead atoms. The van der Waals surface area contributed by atoms with E-state index >= 15 is 0 Å².